The number of benzene rings is 1. The number of rotatable bonds is 4. The zero-order chi connectivity index (χ0) is 15.5. The molecule has 0 aliphatic heterocycles. The number of para-hydroxylation sites is 1. The summed E-state index contributed by atoms with van der Waals surface area (Å²) in [7, 11) is 0. The lowest BCUT2D eigenvalue weighted by Crippen LogP contribution is -2.14. The van der Waals surface area contributed by atoms with E-state index in [0.717, 1.165) is 15.4 Å². The van der Waals surface area contributed by atoms with E-state index in [1.807, 2.05) is 36.6 Å². The number of carbonyl (C=O) groups excluding carboxylic acids is 1. The van der Waals surface area contributed by atoms with Crippen LogP contribution >= 0.6 is 23.1 Å². The highest BCUT2D eigenvalue weighted by Crippen LogP contribution is 2.30. The van der Waals surface area contributed by atoms with Crippen molar-refractivity contribution in [3.8, 4) is 6.07 Å². The Morgan fingerprint density at radius 2 is 2.32 bits per heavy atom. The second-order valence-corrected chi connectivity index (χ2v) is 6.59. The molecule has 1 aromatic carbocycles. The maximum Gasteiger partial charge on any atom is 0.234 e. The van der Waals surface area contributed by atoms with E-state index in [2.05, 4.69) is 10.3 Å². The molecule has 110 valence electrons. The summed E-state index contributed by atoms with van der Waals surface area (Å²) in [5, 5.41) is 14.6. The maximum atomic E-state index is 12.1. The molecule has 0 aliphatic carbocycles. The summed E-state index contributed by atoms with van der Waals surface area (Å²) in [6.45, 7) is 1.91. The highest BCUT2D eigenvalue weighted by atomic mass is 32.2. The fraction of sp³-hybridized carbons (Fsp3) is 0.133. The average molecular weight is 329 g/mol. The van der Waals surface area contributed by atoms with Crippen molar-refractivity contribution >= 4 is 45.7 Å². The van der Waals surface area contributed by atoms with E-state index < -0.39 is 0 Å². The largest absolute Gasteiger partial charge is 0.443 e. The summed E-state index contributed by atoms with van der Waals surface area (Å²) in [5.74, 6) is 0.155. The van der Waals surface area contributed by atoms with Crippen LogP contribution in [0.3, 0.4) is 0 Å². The summed E-state index contributed by atoms with van der Waals surface area (Å²) >= 11 is 2.88. The van der Waals surface area contributed by atoms with Gasteiger partial charge in [-0.2, -0.15) is 5.26 Å². The van der Waals surface area contributed by atoms with Gasteiger partial charge in [-0.1, -0.05) is 23.9 Å². The number of furan rings is 1. The highest BCUT2D eigenvalue weighted by molar-refractivity contribution is 8.01. The van der Waals surface area contributed by atoms with Crippen molar-refractivity contribution in [1.82, 2.24) is 4.98 Å². The molecule has 0 saturated heterocycles. The van der Waals surface area contributed by atoms with E-state index in [1.54, 1.807) is 6.07 Å². The minimum Gasteiger partial charge on any atom is -0.443 e. The zero-order valence-electron chi connectivity index (χ0n) is 11.6. The van der Waals surface area contributed by atoms with E-state index in [9.17, 15) is 4.79 Å². The van der Waals surface area contributed by atoms with Gasteiger partial charge in [0.1, 0.15) is 17.3 Å². The third-order valence-corrected chi connectivity index (χ3v) is 5.02. The summed E-state index contributed by atoms with van der Waals surface area (Å²) < 4.78 is 6.27. The quantitative estimate of drug-likeness (QED) is 0.737. The summed E-state index contributed by atoms with van der Waals surface area (Å²) in [6, 6.07) is 9.20. The Hall–Kier alpha value is -2.30. The number of carbonyl (C=O) groups is 1. The maximum absolute atomic E-state index is 12.1. The summed E-state index contributed by atoms with van der Waals surface area (Å²) in [5.41, 5.74) is 1.96. The molecular weight excluding hydrogens is 318 g/mol. The van der Waals surface area contributed by atoms with Gasteiger partial charge in [0.25, 0.3) is 0 Å². The molecule has 5 nitrogen and oxygen atoms in total. The van der Waals surface area contributed by atoms with Crippen LogP contribution in [0, 0.1) is 18.3 Å². The molecule has 0 atom stereocenters. The number of fused-ring (bicyclic) bond motifs is 1. The summed E-state index contributed by atoms with van der Waals surface area (Å²) in [4.78, 5) is 16.4. The van der Waals surface area contributed by atoms with E-state index in [1.165, 1.54) is 23.1 Å². The van der Waals surface area contributed by atoms with Crippen molar-refractivity contribution in [3.63, 3.8) is 0 Å². The predicted octanol–water partition coefficient (Wildman–Crippen LogP) is 3.80. The van der Waals surface area contributed by atoms with Gasteiger partial charge in [0, 0.05) is 16.5 Å². The molecule has 3 rings (SSSR count). The van der Waals surface area contributed by atoms with Gasteiger partial charge >= 0.3 is 0 Å². The molecule has 1 amide bonds. The van der Waals surface area contributed by atoms with Crippen molar-refractivity contribution in [3.05, 3.63) is 41.1 Å². The minimum absolute atomic E-state index is 0.115. The Morgan fingerprint density at radius 1 is 1.50 bits per heavy atom. The molecule has 1 N–H and O–H groups in total. The Balaban J connectivity index is 1.75. The van der Waals surface area contributed by atoms with Gasteiger partial charge in [0.05, 0.1) is 5.75 Å². The van der Waals surface area contributed by atoms with Gasteiger partial charge in [0.15, 0.2) is 4.34 Å². The number of amides is 1. The van der Waals surface area contributed by atoms with Crippen molar-refractivity contribution in [2.45, 2.75) is 11.3 Å². The summed E-state index contributed by atoms with van der Waals surface area (Å²) in [6.07, 6.45) is 0. The Labute approximate surface area is 135 Å². The van der Waals surface area contributed by atoms with Crippen LogP contribution in [-0.4, -0.2) is 16.6 Å². The van der Waals surface area contributed by atoms with E-state index in [0.29, 0.717) is 11.3 Å². The SMILES string of the molecule is Cc1csc(SCC(=O)Nc2c(C#N)oc3ccccc23)n1. The third-order valence-electron chi connectivity index (χ3n) is 2.89. The number of nitrogens with zero attached hydrogens (tertiary/aromatic N) is 2. The second kappa shape index (κ2) is 6.22. The van der Waals surface area contributed by atoms with E-state index >= 15 is 0 Å². The van der Waals surface area contributed by atoms with Crippen LogP contribution in [0.15, 0.2) is 38.4 Å². The number of aryl methyl sites for hydroxylation is 1. The Bertz CT molecular complexity index is 876. The van der Waals surface area contributed by atoms with Gasteiger partial charge in [-0.15, -0.1) is 11.3 Å². The Morgan fingerprint density at radius 3 is 3.05 bits per heavy atom. The second-order valence-electron chi connectivity index (χ2n) is 4.51. The number of nitrogens with one attached hydrogen (secondary N) is 1. The molecule has 2 aromatic heterocycles. The number of anilines is 1. The smallest absolute Gasteiger partial charge is 0.234 e. The first-order chi connectivity index (χ1) is 10.7. The van der Waals surface area contributed by atoms with Crippen LogP contribution in [0.5, 0.6) is 0 Å². The molecule has 0 radical (unpaired) electrons. The van der Waals surface area contributed by atoms with Crippen molar-refractivity contribution < 1.29 is 9.21 Å². The molecular formula is C15H11N3O2S2. The molecule has 0 bridgehead atoms. The number of thiazole rings is 1. The van der Waals surface area contributed by atoms with Crippen molar-refractivity contribution in [1.29, 1.82) is 5.26 Å². The zero-order valence-corrected chi connectivity index (χ0v) is 13.3. The molecule has 0 fully saturated rings. The van der Waals surface area contributed by atoms with E-state index in [4.69, 9.17) is 9.68 Å². The van der Waals surface area contributed by atoms with E-state index in [-0.39, 0.29) is 17.4 Å². The van der Waals surface area contributed by atoms with Crippen LogP contribution in [0.4, 0.5) is 5.69 Å². The first-order valence-electron chi connectivity index (χ1n) is 6.44. The van der Waals surface area contributed by atoms with Crippen LogP contribution < -0.4 is 5.32 Å². The molecule has 0 aliphatic rings. The topological polar surface area (TPSA) is 78.9 Å². The number of aromatic nitrogens is 1. The molecule has 0 unspecified atom stereocenters. The molecule has 0 saturated carbocycles. The molecule has 22 heavy (non-hydrogen) atoms. The van der Waals surface area contributed by atoms with Gasteiger partial charge in [-0.3, -0.25) is 4.79 Å². The number of thioether (sulfide) groups is 1. The van der Waals surface area contributed by atoms with Crippen LogP contribution in [-0.2, 0) is 4.79 Å². The molecule has 7 heteroatoms. The Kier molecular flexibility index (Phi) is 4.13. The number of hydrogen-bond donors (Lipinski definition) is 1. The lowest BCUT2D eigenvalue weighted by molar-refractivity contribution is -0.113. The normalized spacial score (nSPS) is 10.5. The first kappa shape index (κ1) is 14.6. The standard InChI is InChI=1S/C15H11N3O2S2/c1-9-7-21-15(17-9)22-8-13(19)18-14-10-4-2-3-5-11(10)20-12(14)6-16/h2-5,7H,8H2,1H3,(H,18,19). The van der Waals surface area contributed by atoms with Gasteiger partial charge in [-0.25, -0.2) is 4.98 Å². The van der Waals surface area contributed by atoms with Gasteiger partial charge in [0.2, 0.25) is 11.7 Å². The van der Waals surface area contributed by atoms with Crippen molar-refractivity contribution in [2.75, 3.05) is 11.1 Å². The van der Waals surface area contributed by atoms with Crippen LogP contribution in [0.25, 0.3) is 11.0 Å². The van der Waals surface area contributed by atoms with Gasteiger partial charge < -0.3 is 9.73 Å². The van der Waals surface area contributed by atoms with Gasteiger partial charge in [-0.05, 0) is 19.1 Å². The van der Waals surface area contributed by atoms with Crippen LogP contribution in [0.1, 0.15) is 11.5 Å². The molecule has 3 aromatic rings. The highest BCUT2D eigenvalue weighted by Gasteiger charge is 2.16. The average Bonchev–Trinajstić information content (AvgIpc) is 3.09. The fourth-order valence-electron chi connectivity index (χ4n) is 1.95. The number of hydrogen-bond acceptors (Lipinski definition) is 6. The van der Waals surface area contributed by atoms with Crippen molar-refractivity contribution in [2.24, 2.45) is 0 Å². The molecule has 2 heterocycles. The fourth-order valence-corrected chi connectivity index (χ4v) is 3.60. The molecule has 0 spiro atoms. The lowest BCUT2D eigenvalue weighted by atomic mass is 10.2. The lowest BCUT2D eigenvalue weighted by Gasteiger charge is -2.02. The first-order valence-corrected chi connectivity index (χ1v) is 8.30. The third kappa shape index (κ3) is 2.98. The van der Waals surface area contributed by atoms with Crippen LogP contribution in [0.2, 0.25) is 0 Å². The monoisotopic (exact) mass is 329 g/mol. The number of nitriles is 1. The minimum atomic E-state index is -0.194. The predicted molar refractivity (Wildman–Crippen MR) is 87.1 cm³/mol.